The number of nitrogens with zero attached hydrogens (tertiary/aromatic N) is 2. The van der Waals surface area contributed by atoms with Crippen LogP contribution in [-0.4, -0.2) is 9.38 Å². The Hall–Kier alpha value is -2.84. The summed E-state index contributed by atoms with van der Waals surface area (Å²) in [6, 6.07) is 12.1. The second kappa shape index (κ2) is 5.33. The summed E-state index contributed by atoms with van der Waals surface area (Å²) in [5, 5.41) is 10.5. The van der Waals surface area contributed by atoms with E-state index in [1.54, 1.807) is 11.3 Å². The van der Waals surface area contributed by atoms with Crippen molar-refractivity contribution in [2.45, 2.75) is 25.7 Å². The van der Waals surface area contributed by atoms with Gasteiger partial charge >= 0.3 is 0 Å². The molecule has 5 heteroatoms. The molecular weight excluding hydrogens is 330 g/mol. The number of thiophene rings is 1. The van der Waals surface area contributed by atoms with Gasteiger partial charge in [-0.1, -0.05) is 30.3 Å². The molecule has 1 N–H and O–H groups in total. The molecule has 0 unspecified atom stereocenters. The van der Waals surface area contributed by atoms with E-state index >= 15 is 0 Å². The zero-order chi connectivity index (χ0) is 17.0. The van der Waals surface area contributed by atoms with Gasteiger partial charge in [0.1, 0.15) is 22.1 Å². The van der Waals surface area contributed by atoms with E-state index < -0.39 is 0 Å². The summed E-state index contributed by atoms with van der Waals surface area (Å²) in [7, 11) is 0. The third-order valence-corrected chi connectivity index (χ3v) is 6.32. The fourth-order valence-corrected chi connectivity index (χ4v) is 5.23. The van der Waals surface area contributed by atoms with Crippen LogP contribution in [0.2, 0.25) is 0 Å². The largest absolute Gasteiger partial charge is 0.306 e. The van der Waals surface area contributed by atoms with Gasteiger partial charge in [-0.25, -0.2) is 0 Å². The minimum absolute atomic E-state index is 0.0730. The summed E-state index contributed by atoms with van der Waals surface area (Å²) >= 11 is 1.70. The molecule has 122 valence electrons. The van der Waals surface area contributed by atoms with Gasteiger partial charge < -0.3 is 4.98 Å². The van der Waals surface area contributed by atoms with Gasteiger partial charge in [0.05, 0.1) is 5.39 Å². The molecule has 0 fully saturated rings. The highest BCUT2D eigenvalue weighted by atomic mass is 32.1. The van der Waals surface area contributed by atoms with Crippen LogP contribution in [0.3, 0.4) is 0 Å². The standard InChI is InChI=1S/C20H15N3OS/c21-10-14-15(12-6-2-1-3-7-12)11-23-18(14)22-19(24)17-13-8-4-5-9-16(13)25-20(17)23/h1-3,6-7,11H,4-5,8-9H2,(H,22,24). The number of aromatic nitrogens is 2. The van der Waals surface area contributed by atoms with Crippen molar-refractivity contribution >= 4 is 27.2 Å². The fourth-order valence-electron chi connectivity index (χ4n) is 3.86. The molecule has 1 aromatic carbocycles. The molecule has 5 rings (SSSR count). The van der Waals surface area contributed by atoms with E-state index in [0.29, 0.717) is 11.2 Å². The Balaban J connectivity index is 1.92. The van der Waals surface area contributed by atoms with Crippen molar-refractivity contribution in [2.24, 2.45) is 0 Å². The van der Waals surface area contributed by atoms with Crippen molar-refractivity contribution in [3.8, 4) is 17.2 Å². The van der Waals surface area contributed by atoms with Crippen LogP contribution in [0, 0.1) is 11.3 Å². The average Bonchev–Trinajstić information content (AvgIpc) is 3.21. The van der Waals surface area contributed by atoms with E-state index in [1.165, 1.54) is 16.9 Å². The van der Waals surface area contributed by atoms with Gasteiger partial charge in [0, 0.05) is 16.6 Å². The molecule has 1 aliphatic carbocycles. The van der Waals surface area contributed by atoms with E-state index in [9.17, 15) is 10.1 Å². The van der Waals surface area contributed by atoms with Gasteiger partial charge in [0.15, 0.2) is 0 Å². The first-order valence-corrected chi connectivity index (χ1v) is 9.26. The number of rotatable bonds is 1. The van der Waals surface area contributed by atoms with Crippen molar-refractivity contribution in [1.29, 1.82) is 5.26 Å². The summed E-state index contributed by atoms with van der Waals surface area (Å²) in [6.45, 7) is 0. The first kappa shape index (κ1) is 14.5. The number of fused-ring (bicyclic) bond motifs is 5. The van der Waals surface area contributed by atoms with Crippen LogP contribution < -0.4 is 5.56 Å². The number of hydrogen-bond donors (Lipinski definition) is 1. The lowest BCUT2D eigenvalue weighted by atomic mass is 9.97. The van der Waals surface area contributed by atoms with E-state index in [0.717, 1.165) is 40.6 Å². The van der Waals surface area contributed by atoms with Crippen LogP contribution in [0.5, 0.6) is 0 Å². The molecule has 0 aliphatic heterocycles. The minimum atomic E-state index is -0.0730. The van der Waals surface area contributed by atoms with Gasteiger partial charge in [-0.15, -0.1) is 11.3 Å². The average molecular weight is 345 g/mol. The highest BCUT2D eigenvalue weighted by Crippen LogP contribution is 2.37. The SMILES string of the molecule is N#Cc1c(-c2ccccc2)cn2c1[nH]c(=O)c1c3c(sc12)CCCC3. The van der Waals surface area contributed by atoms with E-state index in [4.69, 9.17) is 0 Å². The first-order chi connectivity index (χ1) is 12.3. The maximum atomic E-state index is 12.8. The Bertz CT molecular complexity index is 1220. The Morgan fingerprint density at radius 3 is 2.76 bits per heavy atom. The monoisotopic (exact) mass is 345 g/mol. The second-order valence-electron chi connectivity index (χ2n) is 6.46. The number of aryl methyl sites for hydroxylation is 2. The molecular formula is C20H15N3OS. The first-order valence-electron chi connectivity index (χ1n) is 8.45. The quantitative estimate of drug-likeness (QED) is 0.560. The third-order valence-electron chi connectivity index (χ3n) is 5.03. The molecule has 0 atom stereocenters. The normalized spacial score (nSPS) is 13.9. The number of H-pyrrole nitrogens is 1. The van der Waals surface area contributed by atoms with Crippen LogP contribution in [0.15, 0.2) is 41.3 Å². The van der Waals surface area contributed by atoms with Crippen molar-refractivity contribution < 1.29 is 0 Å². The third kappa shape index (κ3) is 2.01. The lowest BCUT2D eigenvalue weighted by Crippen LogP contribution is -2.11. The van der Waals surface area contributed by atoms with Crippen LogP contribution in [-0.2, 0) is 12.8 Å². The van der Waals surface area contributed by atoms with E-state index in [1.807, 2.05) is 40.9 Å². The molecule has 1 aliphatic rings. The molecule has 4 aromatic rings. The Kier molecular flexibility index (Phi) is 3.09. The number of benzene rings is 1. The molecule has 0 saturated carbocycles. The summed E-state index contributed by atoms with van der Waals surface area (Å²) < 4.78 is 2.00. The predicted molar refractivity (Wildman–Crippen MR) is 100 cm³/mol. The Labute approximate surface area is 148 Å². The zero-order valence-electron chi connectivity index (χ0n) is 13.5. The van der Waals surface area contributed by atoms with Crippen molar-refractivity contribution in [2.75, 3.05) is 0 Å². The Morgan fingerprint density at radius 1 is 1.16 bits per heavy atom. The van der Waals surface area contributed by atoms with Gasteiger partial charge in [0.2, 0.25) is 0 Å². The lowest BCUT2D eigenvalue weighted by Gasteiger charge is -2.09. The van der Waals surface area contributed by atoms with E-state index in [-0.39, 0.29) is 5.56 Å². The summed E-state index contributed by atoms with van der Waals surface area (Å²) in [6.07, 6.45) is 6.34. The van der Waals surface area contributed by atoms with Crippen molar-refractivity contribution in [3.05, 3.63) is 62.9 Å². The molecule has 4 nitrogen and oxygen atoms in total. The van der Waals surface area contributed by atoms with Crippen LogP contribution in [0.25, 0.3) is 27.0 Å². The number of aromatic amines is 1. The van der Waals surface area contributed by atoms with Gasteiger partial charge in [-0.2, -0.15) is 5.26 Å². The number of nitrogens with one attached hydrogen (secondary N) is 1. The van der Waals surface area contributed by atoms with Gasteiger partial charge in [0.25, 0.3) is 5.56 Å². The number of nitriles is 1. The molecule has 0 radical (unpaired) electrons. The zero-order valence-corrected chi connectivity index (χ0v) is 14.3. The molecule has 0 saturated heterocycles. The molecule has 3 aromatic heterocycles. The highest BCUT2D eigenvalue weighted by Gasteiger charge is 2.22. The second-order valence-corrected chi connectivity index (χ2v) is 7.54. The van der Waals surface area contributed by atoms with Crippen LogP contribution in [0.1, 0.15) is 28.8 Å². The lowest BCUT2D eigenvalue weighted by molar-refractivity contribution is 0.700. The van der Waals surface area contributed by atoms with Crippen LogP contribution in [0.4, 0.5) is 0 Å². The van der Waals surface area contributed by atoms with Gasteiger partial charge in [-0.3, -0.25) is 9.20 Å². The maximum Gasteiger partial charge on any atom is 0.260 e. The summed E-state index contributed by atoms with van der Waals surface area (Å²) in [5.41, 5.74) is 4.10. The van der Waals surface area contributed by atoms with Crippen molar-refractivity contribution in [3.63, 3.8) is 0 Å². The molecule has 0 spiro atoms. The molecule has 0 amide bonds. The summed E-state index contributed by atoms with van der Waals surface area (Å²) in [4.78, 5) is 18.0. The smallest absolute Gasteiger partial charge is 0.260 e. The molecule has 25 heavy (non-hydrogen) atoms. The Morgan fingerprint density at radius 2 is 1.96 bits per heavy atom. The fraction of sp³-hybridized carbons (Fsp3) is 0.200. The molecule has 3 heterocycles. The van der Waals surface area contributed by atoms with E-state index in [2.05, 4.69) is 11.1 Å². The summed E-state index contributed by atoms with van der Waals surface area (Å²) in [5.74, 6) is 0. The van der Waals surface area contributed by atoms with Crippen molar-refractivity contribution in [1.82, 2.24) is 9.38 Å². The number of hydrogen-bond acceptors (Lipinski definition) is 3. The van der Waals surface area contributed by atoms with Crippen LogP contribution >= 0.6 is 11.3 Å². The minimum Gasteiger partial charge on any atom is -0.306 e. The predicted octanol–water partition coefficient (Wildman–Crippen LogP) is 4.26. The topological polar surface area (TPSA) is 61.1 Å². The maximum absolute atomic E-state index is 12.8. The molecule has 0 bridgehead atoms. The highest BCUT2D eigenvalue weighted by molar-refractivity contribution is 7.18. The van der Waals surface area contributed by atoms with Gasteiger partial charge in [-0.05, 0) is 36.8 Å².